The van der Waals surface area contributed by atoms with E-state index in [1.807, 2.05) is 0 Å². The van der Waals surface area contributed by atoms with Gasteiger partial charge < -0.3 is 15.7 Å². The second-order valence-electron chi connectivity index (χ2n) is 10.0. The quantitative estimate of drug-likeness (QED) is 0.449. The summed E-state index contributed by atoms with van der Waals surface area (Å²) in [5.41, 5.74) is 1.06. The Balaban J connectivity index is 1.32. The highest BCUT2D eigenvalue weighted by atomic mass is 19.1. The van der Waals surface area contributed by atoms with E-state index in [9.17, 15) is 13.9 Å². The van der Waals surface area contributed by atoms with Crippen LogP contribution in [0.15, 0.2) is 30.6 Å². The molecule has 4 N–H and O–H groups in total. The molecule has 0 radical (unpaired) electrons. The fourth-order valence-corrected chi connectivity index (χ4v) is 5.77. The number of aromatic nitrogens is 4. The van der Waals surface area contributed by atoms with E-state index in [0.29, 0.717) is 18.0 Å². The van der Waals surface area contributed by atoms with Gasteiger partial charge in [0.2, 0.25) is 0 Å². The molecule has 2 unspecified atom stereocenters. The Kier molecular flexibility index (Phi) is 5.31. The third-order valence-corrected chi connectivity index (χ3v) is 7.02. The van der Waals surface area contributed by atoms with Crippen molar-refractivity contribution in [3.05, 3.63) is 42.2 Å². The molecule has 1 aromatic carbocycles. The number of nitrogens with zero attached hydrogens (tertiary/aromatic N) is 3. The number of aromatic hydroxyl groups is 1. The zero-order valence-electron chi connectivity index (χ0n) is 18.8. The first-order valence-corrected chi connectivity index (χ1v) is 11.3. The Morgan fingerprint density at radius 1 is 1.06 bits per heavy atom. The van der Waals surface area contributed by atoms with Gasteiger partial charge in [-0.2, -0.15) is 5.10 Å². The van der Waals surface area contributed by atoms with Crippen LogP contribution in [-0.2, 0) is 0 Å². The molecular weight excluding hydrogens is 426 g/mol. The zero-order chi connectivity index (χ0) is 23.2. The summed E-state index contributed by atoms with van der Waals surface area (Å²) >= 11 is 0. The van der Waals surface area contributed by atoms with Crippen molar-refractivity contribution in [1.82, 2.24) is 25.7 Å². The average molecular weight is 455 g/mol. The van der Waals surface area contributed by atoms with Crippen molar-refractivity contribution in [1.29, 1.82) is 0 Å². The van der Waals surface area contributed by atoms with E-state index < -0.39 is 11.6 Å². The zero-order valence-corrected chi connectivity index (χ0v) is 18.8. The smallest absolute Gasteiger partial charge is 0.184 e. The van der Waals surface area contributed by atoms with Crippen molar-refractivity contribution in [2.24, 2.45) is 5.92 Å². The van der Waals surface area contributed by atoms with Gasteiger partial charge in [0, 0.05) is 46.6 Å². The fraction of sp³-hybridized carbons (Fsp3) is 0.458. The number of benzene rings is 1. The number of phenols is 1. The molecule has 174 valence electrons. The van der Waals surface area contributed by atoms with E-state index in [-0.39, 0.29) is 39.5 Å². The lowest BCUT2D eigenvalue weighted by molar-refractivity contribution is 0.0589. The van der Waals surface area contributed by atoms with Crippen molar-refractivity contribution in [2.45, 2.75) is 57.0 Å². The number of H-pyrrole nitrogens is 1. The van der Waals surface area contributed by atoms with Gasteiger partial charge in [0.15, 0.2) is 11.6 Å². The van der Waals surface area contributed by atoms with Gasteiger partial charge in [-0.3, -0.25) is 5.10 Å². The Labute approximate surface area is 191 Å². The first kappa shape index (κ1) is 21.8. The maximum absolute atomic E-state index is 14.8. The highest BCUT2D eigenvalue weighted by molar-refractivity contribution is 5.74. The predicted molar refractivity (Wildman–Crippen MR) is 122 cm³/mol. The molecule has 2 saturated heterocycles. The molecule has 0 amide bonds. The molecule has 0 spiro atoms. The van der Waals surface area contributed by atoms with Crippen LogP contribution in [0, 0.1) is 17.6 Å². The Hall–Kier alpha value is -3.07. The van der Waals surface area contributed by atoms with Gasteiger partial charge in [0.05, 0.1) is 11.9 Å². The van der Waals surface area contributed by atoms with E-state index in [2.05, 4.69) is 44.9 Å². The van der Waals surface area contributed by atoms with E-state index >= 15 is 0 Å². The maximum atomic E-state index is 14.8. The van der Waals surface area contributed by atoms with Crippen molar-refractivity contribution in [3.8, 4) is 28.1 Å². The predicted octanol–water partition coefficient (Wildman–Crippen LogP) is 4.63. The van der Waals surface area contributed by atoms with Gasteiger partial charge in [0.1, 0.15) is 11.6 Å². The van der Waals surface area contributed by atoms with Crippen LogP contribution in [0.4, 0.5) is 14.6 Å². The summed E-state index contributed by atoms with van der Waals surface area (Å²) in [6, 6.07) is 3.57. The molecule has 4 heterocycles. The van der Waals surface area contributed by atoms with Crippen LogP contribution in [-0.4, -0.2) is 43.1 Å². The molecule has 5 rings (SSSR count). The monoisotopic (exact) mass is 454 g/mol. The number of fused-ring (bicyclic) bond motifs is 2. The van der Waals surface area contributed by atoms with Crippen molar-refractivity contribution >= 4 is 5.82 Å². The summed E-state index contributed by atoms with van der Waals surface area (Å²) in [5, 5.41) is 31.8. The summed E-state index contributed by atoms with van der Waals surface area (Å²) < 4.78 is 29.5. The van der Waals surface area contributed by atoms with E-state index in [1.165, 1.54) is 30.9 Å². The minimum Gasteiger partial charge on any atom is -0.507 e. The minimum absolute atomic E-state index is 0.0598. The SMILES string of the molecule is CC12CCCC(C)(CC(CNc3nnc(-c4cc(F)c(-c5cn[nH]c5)cc4O)cc3F)C1)N2. The molecule has 7 nitrogen and oxygen atoms in total. The molecule has 2 aliphatic heterocycles. The molecular formula is C24H28F2N6O. The summed E-state index contributed by atoms with van der Waals surface area (Å²) in [6.45, 7) is 5.15. The van der Waals surface area contributed by atoms with Gasteiger partial charge in [-0.1, -0.05) is 0 Å². The van der Waals surface area contributed by atoms with Gasteiger partial charge in [-0.05, 0) is 64.0 Å². The van der Waals surface area contributed by atoms with Gasteiger partial charge in [0.25, 0.3) is 0 Å². The summed E-state index contributed by atoms with van der Waals surface area (Å²) in [6.07, 6.45) is 8.57. The molecule has 33 heavy (non-hydrogen) atoms. The second kappa shape index (κ2) is 8.06. The largest absolute Gasteiger partial charge is 0.507 e. The maximum Gasteiger partial charge on any atom is 0.184 e. The topological polar surface area (TPSA) is 98.8 Å². The summed E-state index contributed by atoms with van der Waals surface area (Å²) in [5.74, 6) is -0.925. The van der Waals surface area contributed by atoms with Crippen LogP contribution >= 0.6 is 0 Å². The van der Waals surface area contributed by atoms with Crippen molar-refractivity contribution in [3.63, 3.8) is 0 Å². The first-order chi connectivity index (χ1) is 15.7. The number of hydrogen-bond donors (Lipinski definition) is 4. The number of piperidine rings is 2. The molecule has 3 aromatic rings. The van der Waals surface area contributed by atoms with E-state index in [1.54, 1.807) is 0 Å². The highest BCUT2D eigenvalue weighted by Gasteiger charge is 2.45. The fourth-order valence-electron chi connectivity index (χ4n) is 5.77. The van der Waals surface area contributed by atoms with E-state index in [0.717, 1.165) is 31.7 Å². The van der Waals surface area contributed by atoms with Gasteiger partial charge in [-0.15, -0.1) is 10.2 Å². The minimum atomic E-state index is -0.592. The summed E-state index contributed by atoms with van der Waals surface area (Å²) in [4.78, 5) is 0. The number of rotatable bonds is 5. The molecule has 2 atom stereocenters. The number of aromatic amines is 1. The Bertz CT molecular complexity index is 1150. The van der Waals surface area contributed by atoms with Gasteiger partial charge >= 0.3 is 0 Å². The van der Waals surface area contributed by atoms with Crippen LogP contribution in [0.3, 0.4) is 0 Å². The van der Waals surface area contributed by atoms with Crippen LogP contribution in [0.1, 0.15) is 46.0 Å². The number of halogens is 2. The van der Waals surface area contributed by atoms with Crippen LogP contribution in [0.2, 0.25) is 0 Å². The number of anilines is 1. The van der Waals surface area contributed by atoms with Crippen molar-refractivity contribution < 1.29 is 13.9 Å². The number of phenolic OH excluding ortho intramolecular Hbond substituents is 1. The lowest BCUT2D eigenvalue weighted by atomic mass is 9.67. The molecule has 0 aliphatic carbocycles. The third-order valence-electron chi connectivity index (χ3n) is 7.02. The second-order valence-corrected chi connectivity index (χ2v) is 10.0. The summed E-state index contributed by atoms with van der Waals surface area (Å²) in [7, 11) is 0. The standard InChI is InChI=1S/C24H28F2N6O/c1-23-4-3-5-24(2,32-23)10-14(9-23)11-27-22-19(26)8-20(30-31-22)17-6-18(25)16(7-21(17)33)15-12-28-29-13-15/h6-8,12-14,32-33H,3-5,9-11H2,1-2H3,(H,27,31)(H,28,29). The van der Waals surface area contributed by atoms with Crippen molar-refractivity contribution in [2.75, 3.05) is 11.9 Å². The molecule has 2 bridgehead atoms. The molecule has 2 aliphatic rings. The lowest BCUT2D eigenvalue weighted by Crippen LogP contribution is -2.63. The number of nitrogens with one attached hydrogen (secondary N) is 3. The molecule has 2 aromatic heterocycles. The van der Waals surface area contributed by atoms with Crippen LogP contribution in [0.5, 0.6) is 5.75 Å². The molecule has 0 saturated carbocycles. The first-order valence-electron chi connectivity index (χ1n) is 11.3. The van der Waals surface area contributed by atoms with Crippen LogP contribution < -0.4 is 10.6 Å². The highest BCUT2D eigenvalue weighted by Crippen LogP contribution is 2.42. The Morgan fingerprint density at radius 2 is 1.82 bits per heavy atom. The average Bonchev–Trinajstić information content (AvgIpc) is 3.27. The Morgan fingerprint density at radius 3 is 2.48 bits per heavy atom. The number of hydrogen-bond acceptors (Lipinski definition) is 6. The van der Waals surface area contributed by atoms with Crippen LogP contribution in [0.25, 0.3) is 22.4 Å². The molecule has 2 fully saturated rings. The van der Waals surface area contributed by atoms with Gasteiger partial charge in [-0.25, -0.2) is 8.78 Å². The van der Waals surface area contributed by atoms with E-state index in [4.69, 9.17) is 0 Å². The molecule has 9 heteroatoms. The normalized spacial score (nSPS) is 26.8. The third kappa shape index (κ3) is 4.29. The lowest BCUT2D eigenvalue weighted by Gasteiger charge is -2.53.